The third-order valence-corrected chi connectivity index (χ3v) is 0.542. The van der Waals surface area contributed by atoms with Gasteiger partial charge in [0.15, 0.2) is 0 Å². The van der Waals surface area contributed by atoms with E-state index in [1.165, 1.54) is 6.08 Å². The van der Waals surface area contributed by atoms with Crippen molar-refractivity contribution in [1.29, 1.82) is 0 Å². The Morgan fingerprint density at radius 1 is 1.78 bits per heavy atom. The predicted molar refractivity (Wildman–Crippen MR) is 37.7 cm³/mol. The van der Waals surface area contributed by atoms with E-state index in [0.29, 0.717) is 0 Å². The van der Waals surface area contributed by atoms with Gasteiger partial charge in [-0.3, -0.25) is 0 Å². The maximum absolute atomic E-state index is 9.76. The number of carboxylic acids is 1. The first kappa shape index (κ1) is 11.3. The number of hydrogen-bond donors (Lipinski definition) is 2. The highest BCUT2D eigenvalue weighted by Crippen LogP contribution is 1.77. The number of carboxylic acid groups (broad SMARTS) is 1. The molecule has 0 aromatic heterocycles. The molecule has 0 aliphatic carbocycles. The second-order valence-electron chi connectivity index (χ2n) is 1.56. The minimum absolute atomic E-state index is 0. The summed E-state index contributed by atoms with van der Waals surface area (Å²) >= 11 is 0. The lowest BCUT2D eigenvalue weighted by Crippen LogP contribution is -2.10. The first-order valence-corrected chi connectivity index (χ1v) is 2.29. The summed E-state index contributed by atoms with van der Waals surface area (Å²) in [6.45, 7) is 1.71. The average molecular weight is 152 g/mol. The smallest absolute Gasteiger partial charge is 0.328 e. The fraction of sp³-hybridized carbons (Fsp3) is 0.400. The molecule has 0 aromatic rings. The monoisotopic (exact) mass is 151 g/mol. The summed E-state index contributed by atoms with van der Waals surface area (Å²) in [7, 11) is 0. The van der Waals surface area contributed by atoms with Gasteiger partial charge in [0.05, 0.1) is 0 Å². The molecule has 0 heterocycles. The highest BCUT2D eigenvalue weighted by Gasteiger charge is 1.86. The largest absolute Gasteiger partial charge is 0.478 e. The molecule has 0 unspecified atom stereocenters. The minimum Gasteiger partial charge on any atom is -0.478 e. The summed E-state index contributed by atoms with van der Waals surface area (Å²) < 4.78 is 0. The van der Waals surface area contributed by atoms with Crippen molar-refractivity contribution in [2.24, 2.45) is 5.73 Å². The first-order chi connectivity index (χ1) is 3.63. The van der Waals surface area contributed by atoms with Crippen molar-refractivity contribution in [1.82, 2.24) is 0 Å². The third kappa shape index (κ3) is 11.2. The third-order valence-electron chi connectivity index (χ3n) is 0.542. The van der Waals surface area contributed by atoms with Crippen LogP contribution in [0.4, 0.5) is 0 Å². The van der Waals surface area contributed by atoms with E-state index in [1.54, 1.807) is 6.92 Å². The quantitative estimate of drug-likeness (QED) is 0.562. The second kappa shape index (κ2) is 5.59. The van der Waals surface area contributed by atoms with Gasteiger partial charge >= 0.3 is 5.97 Å². The van der Waals surface area contributed by atoms with Crippen LogP contribution in [0.3, 0.4) is 0 Å². The van der Waals surface area contributed by atoms with Crippen molar-refractivity contribution in [2.75, 3.05) is 0 Å². The lowest BCUT2D eigenvalue weighted by atomic mass is 10.3. The molecule has 0 rings (SSSR count). The Labute approximate surface area is 60.0 Å². The summed E-state index contributed by atoms with van der Waals surface area (Å²) in [5.74, 6) is -0.956. The Morgan fingerprint density at radius 3 is 2.33 bits per heavy atom. The van der Waals surface area contributed by atoms with Gasteiger partial charge in [0.1, 0.15) is 0 Å². The van der Waals surface area contributed by atoms with E-state index in [1.807, 2.05) is 0 Å². The molecule has 0 spiro atoms. The van der Waals surface area contributed by atoms with Crippen LogP contribution >= 0.6 is 12.4 Å². The molecule has 54 valence electrons. The summed E-state index contributed by atoms with van der Waals surface area (Å²) in [5.41, 5.74) is 5.19. The summed E-state index contributed by atoms with van der Waals surface area (Å²) in [4.78, 5) is 9.76. The highest BCUT2D eigenvalue weighted by molar-refractivity contribution is 5.85. The first-order valence-electron chi connectivity index (χ1n) is 2.29. The number of rotatable bonds is 2. The molecule has 0 saturated carbocycles. The van der Waals surface area contributed by atoms with E-state index in [9.17, 15) is 4.79 Å². The average Bonchev–Trinajstić information content (AvgIpc) is 1.61. The van der Waals surface area contributed by atoms with Gasteiger partial charge in [-0.1, -0.05) is 6.08 Å². The molecule has 3 nitrogen and oxygen atoms in total. The van der Waals surface area contributed by atoms with E-state index in [-0.39, 0.29) is 18.4 Å². The van der Waals surface area contributed by atoms with Gasteiger partial charge in [-0.25, -0.2) is 4.79 Å². The summed E-state index contributed by atoms with van der Waals surface area (Å²) in [6.07, 6.45) is 2.45. The normalized spacial score (nSPS) is 12.7. The molecule has 0 aliphatic heterocycles. The SMILES string of the molecule is C[C@@H](N)/C=C/C(=O)O.Cl. The lowest BCUT2D eigenvalue weighted by Gasteiger charge is -1.89. The summed E-state index contributed by atoms with van der Waals surface area (Å²) in [6, 6.07) is -0.175. The van der Waals surface area contributed by atoms with Crippen LogP contribution in [-0.4, -0.2) is 17.1 Å². The molecule has 9 heavy (non-hydrogen) atoms. The molecule has 3 N–H and O–H groups in total. The summed E-state index contributed by atoms with van der Waals surface area (Å²) in [5, 5.41) is 8.02. The Hall–Kier alpha value is -0.540. The number of carbonyl (C=O) groups is 1. The van der Waals surface area contributed by atoms with Crippen LogP contribution in [-0.2, 0) is 4.79 Å². The molecule has 0 radical (unpaired) electrons. The fourth-order valence-corrected chi connectivity index (χ4v) is 0.234. The molecule has 0 amide bonds. The van der Waals surface area contributed by atoms with E-state index >= 15 is 0 Å². The van der Waals surface area contributed by atoms with Crippen LogP contribution < -0.4 is 5.73 Å². The number of nitrogens with two attached hydrogens (primary N) is 1. The van der Waals surface area contributed by atoms with E-state index in [2.05, 4.69) is 0 Å². The molecule has 0 saturated heterocycles. The molecule has 0 aliphatic rings. The van der Waals surface area contributed by atoms with Gasteiger partial charge in [0.2, 0.25) is 0 Å². The van der Waals surface area contributed by atoms with E-state index in [0.717, 1.165) is 6.08 Å². The van der Waals surface area contributed by atoms with Gasteiger partial charge < -0.3 is 10.8 Å². The van der Waals surface area contributed by atoms with E-state index in [4.69, 9.17) is 10.8 Å². The predicted octanol–water partition coefficient (Wildman–Crippen LogP) is 0.396. The second-order valence-corrected chi connectivity index (χ2v) is 1.56. The minimum atomic E-state index is -0.956. The molecular weight excluding hydrogens is 142 g/mol. The maximum Gasteiger partial charge on any atom is 0.328 e. The van der Waals surface area contributed by atoms with Crippen LogP contribution in [0.2, 0.25) is 0 Å². The molecule has 4 heteroatoms. The zero-order chi connectivity index (χ0) is 6.57. The molecule has 0 fully saturated rings. The number of halogens is 1. The van der Waals surface area contributed by atoms with Crippen molar-refractivity contribution in [2.45, 2.75) is 13.0 Å². The Kier molecular flexibility index (Phi) is 7.01. The Morgan fingerprint density at radius 2 is 2.22 bits per heavy atom. The van der Waals surface area contributed by atoms with Crippen LogP contribution in [0.25, 0.3) is 0 Å². The van der Waals surface area contributed by atoms with Gasteiger partial charge in [-0.2, -0.15) is 0 Å². The number of hydrogen-bond acceptors (Lipinski definition) is 2. The van der Waals surface area contributed by atoms with Gasteiger partial charge in [-0.05, 0) is 6.92 Å². The van der Waals surface area contributed by atoms with Crippen LogP contribution in [0.5, 0.6) is 0 Å². The molecule has 1 atom stereocenters. The molecule has 0 bridgehead atoms. The van der Waals surface area contributed by atoms with Crippen molar-refractivity contribution in [3.63, 3.8) is 0 Å². The van der Waals surface area contributed by atoms with Crippen LogP contribution in [0.1, 0.15) is 6.92 Å². The van der Waals surface area contributed by atoms with Crippen molar-refractivity contribution >= 4 is 18.4 Å². The van der Waals surface area contributed by atoms with Crippen LogP contribution in [0, 0.1) is 0 Å². The van der Waals surface area contributed by atoms with Crippen molar-refractivity contribution < 1.29 is 9.90 Å². The molecular formula is C5H10ClNO2. The van der Waals surface area contributed by atoms with Gasteiger partial charge in [-0.15, -0.1) is 12.4 Å². The Balaban J connectivity index is 0. The van der Waals surface area contributed by atoms with Crippen molar-refractivity contribution in [3.05, 3.63) is 12.2 Å². The lowest BCUT2D eigenvalue weighted by molar-refractivity contribution is -0.131. The standard InChI is InChI=1S/C5H9NO2.ClH/c1-4(6)2-3-5(7)8;/h2-4H,6H2,1H3,(H,7,8);1H/b3-2+;/t4-;/m1./s1. The van der Waals surface area contributed by atoms with E-state index < -0.39 is 5.97 Å². The zero-order valence-electron chi connectivity index (χ0n) is 5.07. The molecule has 0 aromatic carbocycles. The van der Waals surface area contributed by atoms with Gasteiger partial charge in [0.25, 0.3) is 0 Å². The Bertz CT molecular complexity index is 112. The van der Waals surface area contributed by atoms with Crippen LogP contribution in [0.15, 0.2) is 12.2 Å². The number of aliphatic carboxylic acids is 1. The fourth-order valence-electron chi connectivity index (χ4n) is 0.234. The highest BCUT2D eigenvalue weighted by atomic mass is 35.5. The zero-order valence-corrected chi connectivity index (χ0v) is 5.89. The maximum atomic E-state index is 9.76. The van der Waals surface area contributed by atoms with Gasteiger partial charge in [0, 0.05) is 12.1 Å². The topological polar surface area (TPSA) is 63.3 Å². The van der Waals surface area contributed by atoms with Crippen molar-refractivity contribution in [3.8, 4) is 0 Å².